The highest BCUT2D eigenvalue weighted by Crippen LogP contribution is 2.32. The molecule has 1 aliphatic rings. The second kappa shape index (κ2) is 6.04. The van der Waals surface area contributed by atoms with E-state index in [0.717, 1.165) is 40.6 Å². The number of para-hydroxylation sites is 2. The molecule has 4 rings (SSSR count). The number of thiophene rings is 1. The highest BCUT2D eigenvalue weighted by atomic mass is 32.1. The molecule has 5 nitrogen and oxygen atoms in total. The first kappa shape index (κ1) is 14.3. The molecule has 0 aliphatic carbocycles. The number of hydrogen-bond donors (Lipinski definition) is 0. The SMILES string of the molecule is CCN(C[C@@H]1COc2ccccc2O1)c1ncnc2ccsc12. The number of anilines is 1. The van der Waals surface area contributed by atoms with Gasteiger partial charge in [0.1, 0.15) is 18.8 Å². The molecule has 0 amide bonds. The summed E-state index contributed by atoms with van der Waals surface area (Å²) in [6, 6.07) is 9.81. The zero-order chi connectivity index (χ0) is 15.6. The fourth-order valence-electron chi connectivity index (χ4n) is 2.77. The van der Waals surface area contributed by atoms with Gasteiger partial charge in [0, 0.05) is 6.54 Å². The van der Waals surface area contributed by atoms with Crippen molar-refractivity contribution >= 4 is 27.4 Å². The molecule has 3 heterocycles. The third-order valence-corrected chi connectivity index (χ3v) is 4.80. The minimum Gasteiger partial charge on any atom is -0.486 e. The van der Waals surface area contributed by atoms with Gasteiger partial charge in [0.15, 0.2) is 17.6 Å². The molecule has 23 heavy (non-hydrogen) atoms. The molecule has 0 saturated carbocycles. The van der Waals surface area contributed by atoms with Crippen LogP contribution in [0.1, 0.15) is 6.92 Å². The summed E-state index contributed by atoms with van der Waals surface area (Å²) in [5, 5.41) is 2.05. The number of nitrogens with zero attached hydrogens (tertiary/aromatic N) is 3. The van der Waals surface area contributed by atoms with Crippen LogP contribution in [0.25, 0.3) is 10.2 Å². The maximum Gasteiger partial charge on any atom is 0.161 e. The number of ether oxygens (including phenoxy) is 2. The number of rotatable bonds is 4. The van der Waals surface area contributed by atoms with Gasteiger partial charge in [0.2, 0.25) is 0 Å². The van der Waals surface area contributed by atoms with Crippen molar-refractivity contribution in [2.45, 2.75) is 13.0 Å². The lowest BCUT2D eigenvalue weighted by molar-refractivity contribution is 0.0953. The van der Waals surface area contributed by atoms with Crippen molar-refractivity contribution in [3.8, 4) is 11.5 Å². The highest BCUT2D eigenvalue weighted by Gasteiger charge is 2.24. The molecule has 1 atom stereocenters. The predicted molar refractivity (Wildman–Crippen MR) is 91.7 cm³/mol. The highest BCUT2D eigenvalue weighted by molar-refractivity contribution is 7.17. The average Bonchev–Trinajstić information content (AvgIpc) is 3.08. The summed E-state index contributed by atoms with van der Waals surface area (Å²) in [5.41, 5.74) is 0.990. The summed E-state index contributed by atoms with van der Waals surface area (Å²) in [4.78, 5) is 11.0. The minimum absolute atomic E-state index is 0.0187. The van der Waals surface area contributed by atoms with E-state index in [1.807, 2.05) is 35.7 Å². The Labute approximate surface area is 138 Å². The summed E-state index contributed by atoms with van der Waals surface area (Å²) in [7, 11) is 0. The van der Waals surface area contributed by atoms with Crippen molar-refractivity contribution in [1.82, 2.24) is 9.97 Å². The summed E-state index contributed by atoms with van der Waals surface area (Å²) in [6.45, 7) is 4.26. The molecule has 1 aromatic carbocycles. The van der Waals surface area contributed by atoms with Crippen LogP contribution in [0.15, 0.2) is 42.0 Å². The van der Waals surface area contributed by atoms with Gasteiger partial charge in [-0.1, -0.05) is 12.1 Å². The van der Waals surface area contributed by atoms with Crippen LogP contribution < -0.4 is 14.4 Å². The largest absolute Gasteiger partial charge is 0.486 e. The van der Waals surface area contributed by atoms with Crippen LogP contribution in [0.3, 0.4) is 0 Å². The quantitative estimate of drug-likeness (QED) is 0.735. The van der Waals surface area contributed by atoms with Crippen LogP contribution in [0, 0.1) is 0 Å². The van der Waals surface area contributed by atoms with Crippen molar-refractivity contribution in [2.75, 3.05) is 24.6 Å². The second-order valence-electron chi connectivity index (χ2n) is 5.37. The monoisotopic (exact) mass is 327 g/mol. The van der Waals surface area contributed by atoms with Crippen LogP contribution >= 0.6 is 11.3 Å². The Balaban J connectivity index is 1.56. The number of fused-ring (bicyclic) bond motifs is 2. The van der Waals surface area contributed by atoms with E-state index in [1.165, 1.54) is 0 Å². The van der Waals surface area contributed by atoms with Gasteiger partial charge in [0.25, 0.3) is 0 Å². The molecule has 0 saturated heterocycles. The van der Waals surface area contributed by atoms with E-state index in [-0.39, 0.29) is 6.10 Å². The van der Waals surface area contributed by atoms with Gasteiger partial charge in [-0.3, -0.25) is 0 Å². The average molecular weight is 327 g/mol. The zero-order valence-electron chi connectivity index (χ0n) is 12.8. The number of aromatic nitrogens is 2. The van der Waals surface area contributed by atoms with E-state index in [0.29, 0.717) is 6.61 Å². The van der Waals surface area contributed by atoms with Gasteiger partial charge in [0.05, 0.1) is 16.8 Å². The van der Waals surface area contributed by atoms with E-state index < -0.39 is 0 Å². The molecular weight excluding hydrogens is 310 g/mol. The van der Waals surface area contributed by atoms with Crippen molar-refractivity contribution in [3.63, 3.8) is 0 Å². The van der Waals surface area contributed by atoms with Gasteiger partial charge in [-0.25, -0.2) is 9.97 Å². The lowest BCUT2D eigenvalue weighted by Crippen LogP contribution is -2.41. The Morgan fingerprint density at radius 1 is 1.22 bits per heavy atom. The van der Waals surface area contributed by atoms with E-state index >= 15 is 0 Å². The molecule has 6 heteroatoms. The third kappa shape index (κ3) is 2.70. The topological polar surface area (TPSA) is 47.5 Å². The van der Waals surface area contributed by atoms with E-state index in [9.17, 15) is 0 Å². The molecule has 118 valence electrons. The van der Waals surface area contributed by atoms with Crippen molar-refractivity contribution in [3.05, 3.63) is 42.0 Å². The molecule has 0 bridgehead atoms. The molecule has 2 aromatic heterocycles. The maximum atomic E-state index is 6.07. The van der Waals surface area contributed by atoms with Crippen molar-refractivity contribution in [2.24, 2.45) is 0 Å². The van der Waals surface area contributed by atoms with E-state index in [4.69, 9.17) is 9.47 Å². The normalized spacial score (nSPS) is 16.5. The third-order valence-electron chi connectivity index (χ3n) is 3.90. The summed E-state index contributed by atoms with van der Waals surface area (Å²) >= 11 is 1.67. The molecule has 0 unspecified atom stereocenters. The number of benzene rings is 1. The van der Waals surface area contributed by atoms with Gasteiger partial charge >= 0.3 is 0 Å². The Bertz CT molecular complexity index is 820. The van der Waals surface area contributed by atoms with Crippen LogP contribution in [-0.2, 0) is 0 Å². The lowest BCUT2D eigenvalue weighted by Gasteiger charge is -2.31. The Kier molecular flexibility index (Phi) is 3.75. The fraction of sp³-hybridized carbons (Fsp3) is 0.294. The van der Waals surface area contributed by atoms with Crippen LogP contribution in [0.2, 0.25) is 0 Å². The molecule has 0 spiro atoms. The van der Waals surface area contributed by atoms with Gasteiger partial charge in [-0.15, -0.1) is 11.3 Å². The number of likely N-dealkylation sites (N-methyl/N-ethyl adjacent to an activating group) is 1. The molecule has 0 fully saturated rings. The van der Waals surface area contributed by atoms with E-state index in [2.05, 4.69) is 21.8 Å². The molecule has 0 N–H and O–H groups in total. The first-order valence-electron chi connectivity index (χ1n) is 7.67. The number of hydrogen-bond acceptors (Lipinski definition) is 6. The van der Waals surface area contributed by atoms with Crippen molar-refractivity contribution in [1.29, 1.82) is 0 Å². The second-order valence-corrected chi connectivity index (χ2v) is 6.28. The summed E-state index contributed by atoms with van der Waals surface area (Å²) in [5.74, 6) is 2.59. The Hall–Kier alpha value is -2.34. The smallest absolute Gasteiger partial charge is 0.161 e. The molecule has 1 aliphatic heterocycles. The van der Waals surface area contributed by atoms with Gasteiger partial charge in [-0.2, -0.15) is 0 Å². The predicted octanol–water partition coefficient (Wildman–Crippen LogP) is 3.36. The first-order chi connectivity index (χ1) is 11.3. The fourth-order valence-corrected chi connectivity index (χ4v) is 3.63. The first-order valence-corrected chi connectivity index (χ1v) is 8.54. The maximum absolute atomic E-state index is 6.07. The summed E-state index contributed by atoms with van der Waals surface area (Å²) in [6.07, 6.45) is 1.61. The minimum atomic E-state index is -0.0187. The summed E-state index contributed by atoms with van der Waals surface area (Å²) < 4.78 is 13.0. The van der Waals surface area contributed by atoms with Crippen molar-refractivity contribution < 1.29 is 9.47 Å². The molecular formula is C17H17N3O2S. The van der Waals surface area contributed by atoms with Crippen LogP contribution in [-0.4, -0.2) is 35.8 Å². The van der Waals surface area contributed by atoms with Crippen LogP contribution in [0.5, 0.6) is 11.5 Å². The van der Waals surface area contributed by atoms with Gasteiger partial charge < -0.3 is 14.4 Å². The standard InChI is InChI=1S/C17H17N3O2S/c1-2-20(17-16-13(7-8-23-16)18-11-19-17)9-12-10-21-14-5-3-4-6-15(14)22-12/h3-8,11-12H,2,9-10H2,1H3/t12-/m1/s1. The molecule has 0 radical (unpaired) electrons. The Morgan fingerprint density at radius 2 is 2.09 bits per heavy atom. The molecule has 3 aromatic rings. The van der Waals surface area contributed by atoms with Gasteiger partial charge in [-0.05, 0) is 30.5 Å². The lowest BCUT2D eigenvalue weighted by atomic mass is 10.2. The zero-order valence-corrected chi connectivity index (χ0v) is 13.6. The van der Waals surface area contributed by atoms with Crippen LogP contribution in [0.4, 0.5) is 5.82 Å². The van der Waals surface area contributed by atoms with E-state index in [1.54, 1.807) is 17.7 Å². The Morgan fingerprint density at radius 3 is 2.96 bits per heavy atom.